The zero-order valence-corrected chi connectivity index (χ0v) is 13.0. The fourth-order valence-corrected chi connectivity index (χ4v) is 2.58. The first-order valence-electron chi connectivity index (χ1n) is 7.04. The number of amides is 1. The van der Waals surface area contributed by atoms with Gasteiger partial charge in [-0.3, -0.25) is 25.0 Å². The van der Waals surface area contributed by atoms with Crippen LogP contribution in [0, 0.1) is 0 Å². The van der Waals surface area contributed by atoms with E-state index in [-0.39, 0.29) is 18.3 Å². The van der Waals surface area contributed by atoms with Crippen LogP contribution >= 0.6 is 12.4 Å². The third-order valence-electron chi connectivity index (χ3n) is 3.62. The molecule has 0 unspecified atom stereocenters. The van der Waals surface area contributed by atoms with E-state index in [4.69, 9.17) is 0 Å². The molecule has 7 heteroatoms. The second-order valence-electron chi connectivity index (χ2n) is 5.01. The van der Waals surface area contributed by atoms with Gasteiger partial charge in [0.05, 0.1) is 17.8 Å². The molecule has 23 heavy (non-hydrogen) atoms. The number of hydrogen-bond acceptors (Lipinski definition) is 5. The lowest BCUT2D eigenvalue weighted by molar-refractivity contribution is 0.0973. The molecule has 0 fully saturated rings. The van der Waals surface area contributed by atoms with Crippen LogP contribution in [0.2, 0.25) is 0 Å². The van der Waals surface area contributed by atoms with Crippen molar-refractivity contribution in [2.45, 2.75) is 0 Å². The molecule has 0 saturated carbocycles. The topological polar surface area (TPSA) is 70.0 Å². The van der Waals surface area contributed by atoms with Crippen LogP contribution in [0.3, 0.4) is 0 Å². The summed E-state index contributed by atoms with van der Waals surface area (Å²) in [4.78, 5) is 27.3. The fraction of sp³-hybridized carbons (Fsp3) is 0.125. The summed E-state index contributed by atoms with van der Waals surface area (Å²) < 4.78 is 0. The lowest BCUT2D eigenvalue weighted by Gasteiger charge is -2.27. The number of aliphatic imine (C=N–C) groups is 2. The second-order valence-corrected chi connectivity index (χ2v) is 5.01. The molecular formula is C16H14ClN5O. The quantitative estimate of drug-likeness (QED) is 0.871. The van der Waals surface area contributed by atoms with Gasteiger partial charge in [0.1, 0.15) is 5.84 Å². The number of guanidine groups is 1. The maximum absolute atomic E-state index is 12.3. The average Bonchev–Trinajstić information content (AvgIpc) is 3.06. The van der Waals surface area contributed by atoms with E-state index >= 15 is 0 Å². The highest BCUT2D eigenvalue weighted by molar-refractivity contribution is 6.19. The Morgan fingerprint density at radius 2 is 2.04 bits per heavy atom. The van der Waals surface area contributed by atoms with Crippen molar-refractivity contribution in [1.29, 1.82) is 0 Å². The summed E-state index contributed by atoms with van der Waals surface area (Å²) in [5, 5.41) is 2.86. The second kappa shape index (κ2) is 6.18. The first-order valence-corrected chi connectivity index (χ1v) is 7.04. The Bertz CT molecular complexity index is 803. The molecule has 2 aromatic rings. The maximum Gasteiger partial charge on any atom is 0.259 e. The van der Waals surface area contributed by atoms with Gasteiger partial charge in [0.15, 0.2) is 0 Å². The Balaban J connectivity index is 0.00000156. The number of rotatable bonds is 1. The van der Waals surface area contributed by atoms with Crippen molar-refractivity contribution in [2.75, 3.05) is 13.1 Å². The molecular weight excluding hydrogens is 314 g/mol. The minimum Gasteiger partial charge on any atom is -0.294 e. The summed E-state index contributed by atoms with van der Waals surface area (Å²) in [5.41, 5.74) is 2.32. The largest absolute Gasteiger partial charge is 0.294 e. The SMILES string of the molecule is Cl.O=C(NC1=Nc2ccccc2C2=NCCN12)c1cccnc1. The van der Waals surface area contributed by atoms with Crippen molar-refractivity contribution in [1.82, 2.24) is 15.2 Å². The highest BCUT2D eigenvalue weighted by atomic mass is 35.5. The third-order valence-corrected chi connectivity index (χ3v) is 3.62. The molecule has 116 valence electrons. The molecule has 2 aliphatic heterocycles. The Hall–Kier alpha value is -2.73. The van der Waals surface area contributed by atoms with Gasteiger partial charge in [0.2, 0.25) is 5.96 Å². The molecule has 0 atom stereocenters. The monoisotopic (exact) mass is 327 g/mol. The van der Waals surface area contributed by atoms with E-state index in [0.717, 1.165) is 23.6 Å². The van der Waals surface area contributed by atoms with Crippen LogP contribution in [0.25, 0.3) is 0 Å². The zero-order valence-electron chi connectivity index (χ0n) is 12.1. The van der Waals surface area contributed by atoms with Crippen LogP contribution in [0.1, 0.15) is 15.9 Å². The van der Waals surface area contributed by atoms with Gasteiger partial charge in [0, 0.05) is 24.5 Å². The van der Waals surface area contributed by atoms with E-state index in [0.29, 0.717) is 18.1 Å². The van der Waals surface area contributed by atoms with Gasteiger partial charge in [-0.1, -0.05) is 12.1 Å². The average molecular weight is 328 g/mol. The first kappa shape index (κ1) is 15.2. The van der Waals surface area contributed by atoms with Gasteiger partial charge < -0.3 is 0 Å². The van der Waals surface area contributed by atoms with Crippen LogP contribution < -0.4 is 5.32 Å². The number of nitrogens with one attached hydrogen (secondary N) is 1. The smallest absolute Gasteiger partial charge is 0.259 e. The van der Waals surface area contributed by atoms with Crippen molar-refractivity contribution in [2.24, 2.45) is 9.98 Å². The predicted molar refractivity (Wildman–Crippen MR) is 90.6 cm³/mol. The van der Waals surface area contributed by atoms with Crippen molar-refractivity contribution < 1.29 is 4.79 Å². The number of hydrogen-bond donors (Lipinski definition) is 1. The van der Waals surface area contributed by atoms with Crippen molar-refractivity contribution in [3.05, 3.63) is 59.9 Å². The number of carbonyl (C=O) groups excluding carboxylic acids is 1. The molecule has 0 bridgehead atoms. The Labute approximate surface area is 139 Å². The summed E-state index contributed by atoms with van der Waals surface area (Å²) in [6, 6.07) is 11.3. The van der Waals surface area contributed by atoms with Crippen molar-refractivity contribution >= 4 is 35.8 Å². The van der Waals surface area contributed by atoms with Gasteiger partial charge in [-0.2, -0.15) is 0 Å². The normalized spacial score (nSPS) is 14.9. The Kier molecular flexibility index (Phi) is 4.08. The predicted octanol–water partition coefficient (Wildman–Crippen LogP) is 2.00. The molecule has 1 aromatic carbocycles. The molecule has 3 heterocycles. The molecule has 0 saturated heterocycles. The number of para-hydroxylation sites is 1. The molecule has 4 rings (SSSR count). The molecule has 1 N–H and O–H groups in total. The lowest BCUT2D eigenvalue weighted by Crippen LogP contribution is -2.47. The number of amidine groups is 1. The maximum atomic E-state index is 12.3. The van der Waals surface area contributed by atoms with Crippen LogP contribution in [0.15, 0.2) is 58.8 Å². The Morgan fingerprint density at radius 1 is 1.17 bits per heavy atom. The summed E-state index contributed by atoms with van der Waals surface area (Å²) in [6.07, 6.45) is 3.17. The number of fused-ring (bicyclic) bond motifs is 3. The summed E-state index contributed by atoms with van der Waals surface area (Å²) in [6.45, 7) is 1.42. The molecule has 2 aliphatic rings. The molecule has 6 nitrogen and oxygen atoms in total. The van der Waals surface area contributed by atoms with E-state index in [1.807, 2.05) is 29.2 Å². The molecule has 0 spiro atoms. The fourth-order valence-electron chi connectivity index (χ4n) is 2.58. The van der Waals surface area contributed by atoms with Crippen molar-refractivity contribution in [3.63, 3.8) is 0 Å². The van der Waals surface area contributed by atoms with Gasteiger partial charge in [-0.05, 0) is 24.3 Å². The van der Waals surface area contributed by atoms with E-state index < -0.39 is 0 Å². The van der Waals surface area contributed by atoms with Crippen LogP contribution in [0.4, 0.5) is 5.69 Å². The Morgan fingerprint density at radius 3 is 2.87 bits per heavy atom. The number of pyridine rings is 1. The lowest BCUT2D eigenvalue weighted by atomic mass is 10.1. The molecule has 1 aromatic heterocycles. The summed E-state index contributed by atoms with van der Waals surface area (Å²) in [5.74, 6) is 1.16. The number of halogens is 1. The van der Waals surface area contributed by atoms with E-state index in [9.17, 15) is 4.79 Å². The highest BCUT2D eigenvalue weighted by Crippen LogP contribution is 2.27. The van der Waals surface area contributed by atoms with Gasteiger partial charge in [0.25, 0.3) is 5.91 Å². The summed E-state index contributed by atoms with van der Waals surface area (Å²) >= 11 is 0. The van der Waals surface area contributed by atoms with Crippen LogP contribution in [-0.4, -0.2) is 40.7 Å². The third kappa shape index (κ3) is 2.68. The van der Waals surface area contributed by atoms with E-state index in [1.165, 1.54) is 6.20 Å². The van der Waals surface area contributed by atoms with E-state index in [1.54, 1.807) is 18.3 Å². The standard InChI is InChI=1S/C16H13N5O.ClH/c22-15(11-4-3-7-17-10-11)20-16-19-13-6-2-1-5-12(13)14-18-8-9-21(14)16;/h1-7,10H,8-9H2,(H,19,20,22);1H. The molecule has 0 aliphatic carbocycles. The van der Waals surface area contributed by atoms with Gasteiger partial charge in [-0.15, -0.1) is 12.4 Å². The summed E-state index contributed by atoms with van der Waals surface area (Å²) in [7, 11) is 0. The zero-order chi connectivity index (χ0) is 14.9. The first-order chi connectivity index (χ1) is 10.8. The van der Waals surface area contributed by atoms with Gasteiger partial charge >= 0.3 is 0 Å². The minimum atomic E-state index is -0.225. The van der Waals surface area contributed by atoms with E-state index in [2.05, 4.69) is 20.3 Å². The van der Waals surface area contributed by atoms with Crippen molar-refractivity contribution in [3.8, 4) is 0 Å². The number of benzene rings is 1. The highest BCUT2D eigenvalue weighted by Gasteiger charge is 2.30. The number of carbonyl (C=O) groups is 1. The number of nitrogens with zero attached hydrogens (tertiary/aromatic N) is 4. The van der Waals surface area contributed by atoms with Crippen LogP contribution in [-0.2, 0) is 0 Å². The minimum absolute atomic E-state index is 0. The number of aromatic nitrogens is 1. The van der Waals surface area contributed by atoms with Gasteiger partial charge in [-0.25, -0.2) is 4.99 Å². The molecule has 1 amide bonds. The van der Waals surface area contributed by atoms with Crippen LogP contribution in [0.5, 0.6) is 0 Å². The molecule has 0 radical (unpaired) electrons.